The number of likely N-dealkylation sites (N-methyl/N-ethyl adjacent to an activating group) is 1. The average molecular weight is 352 g/mol. The molecular formula is C21H24N2O3. The Bertz CT molecular complexity index is 770. The van der Waals surface area contributed by atoms with Gasteiger partial charge in [0.25, 0.3) is 6.02 Å². The molecule has 5 nitrogen and oxygen atoms in total. The van der Waals surface area contributed by atoms with Gasteiger partial charge in [0.05, 0.1) is 6.04 Å². The molecule has 136 valence electrons. The lowest BCUT2D eigenvalue weighted by Crippen LogP contribution is -2.38. The molecule has 3 rings (SSSR count). The maximum absolute atomic E-state index is 5.76. The van der Waals surface area contributed by atoms with Crippen LogP contribution in [-0.4, -0.2) is 37.2 Å². The first-order chi connectivity index (χ1) is 12.6. The lowest BCUT2D eigenvalue weighted by atomic mass is 10.2. The molecule has 0 spiro atoms. The van der Waals surface area contributed by atoms with Gasteiger partial charge in [-0.15, -0.1) is 0 Å². The molecule has 0 saturated carbocycles. The molecule has 0 fully saturated rings. The smallest absolute Gasteiger partial charge is 0.292 e. The van der Waals surface area contributed by atoms with Gasteiger partial charge in [-0.3, -0.25) is 0 Å². The van der Waals surface area contributed by atoms with Gasteiger partial charge >= 0.3 is 0 Å². The number of hydrogen-bond donors (Lipinski definition) is 0. The summed E-state index contributed by atoms with van der Waals surface area (Å²) in [5.41, 5.74) is 0.973. The van der Waals surface area contributed by atoms with E-state index in [0.717, 1.165) is 22.9 Å². The fourth-order valence-corrected chi connectivity index (χ4v) is 2.56. The summed E-state index contributed by atoms with van der Waals surface area (Å²) in [4.78, 5) is 6.42. The molecule has 2 aromatic carbocycles. The Balaban J connectivity index is 1.45. The maximum Gasteiger partial charge on any atom is 0.292 e. The Kier molecular flexibility index (Phi) is 5.79. The van der Waals surface area contributed by atoms with Crippen molar-refractivity contribution in [3.8, 4) is 17.2 Å². The first-order valence-electron chi connectivity index (χ1n) is 8.70. The molecule has 0 saturated heterocycles. The molecule has 0 aromatic heterocycles. The zero-order chi connectivity index (χ0) is 18.4. The summed E-state index contributed by atoms with van der Waals surface area (Å²) in [6.45, 7) is 4.97. The fraction of sp³-hybridized carbons (Fsp3) is 0.286. The third-order valence-electron chi connectivity index (χ3n) is 4.05. The van der Waals surface area contributed by atoms with E-state index in [1.54, 1.807) is 0 Å². The number of ether oxygens (including phenoxy) is 3. The Labute approximate surface area is 154 Å². The van der Waals surface area contributed by atoms with E-state index in [1.165, 1.54) is 0 Å². The normalized spacial score (nSPS) is 16.6. The Hall–Kier alpha value is -2.95. The second-order valence-corrected chi connectivity index (χ2v) is 6.14. The van der Waals surface area contributed by atoms with Crippen LogP contribution in [0.1, 0.15) is 13.8 Å². The molecule has 0 N–H and O–H groups in total. The highest BCUT2D eigenvalue weighted by Gasteiger charge is 2.18. The molecule has 1 unspecified atom stereocenters. The summed E-state index contributed by atoms with van der Waals surface area (Å²) in [5.74, 6) is 2.36. The maximum atomic E-state index is 5.76. The van der Waals surface area contributed by atoms with Gasteiger partial charge in [0.2, 0.25) is 0 Å². The van der Waals surface area contributed by atoms with E-state index in [4.69, 9.17) is 14.2 Å². The minimum atomic E-state index is 0.278. The highest BCUT2D eigenvalue weighted by Crippen LogP contribution is 2.23. The van der Waals surface area contributed by atoms with E-state index in [1.807, 2.05) is 73.5 Å². The number of aliphatic imine (C=N–C) groups is 1. The fourth-order valence-electron chi connectivity index (χ4n) is 2.56. The SMILES string of the molecule is CC1=CC(C)N(C)C(OCCOc2ccc(Oc3ccccc3)cc2)=N1. The minimum absolute atomic E-state index is 0.278. The summed E-state index contributed by atoms with van der Waals surface area (Å²) < 4.78 is 17.2. The van der Waals surface area contributed by atoms with E-state index >= 15 is 0 Å². The van der Waals surface area contributed by atoms with Gasteiger partial charge < -0.3 is 19.1 Å². The Morgan fingerprint density at radius 1 is 0.885 bits per heavy atom. The van der Waals surface area contributed by atoms with Crippen LogP contribution in [0, 0.1) is 0 Å². The van der Waals surface area contributed by atoms with E-state index in [2.05, 4.69) is 18.0 Å². The first-order valence-corrected chi connectivity index (χ1v) is 8.70. The van der Waals surface area contributed by atoms with Crippen molar-refractivity contribution in [2.75, 3.05) is 20.3 Å². The van der Waals surface area contributed by atoms with Crippen molar-refractivity contribution in [3.63, 3.8) is 0 Å². The van der Waals surface area contributed by atoms with Crippen molar-refractivity contribution in [1.82, 2.24) is 4.90 Å². The second kappa shape index (κ2) is 8.43. The summed E-state index contributed by atoms with van der Waals surface area (Å²) in [5, 5.41) is 0. The van der Waals surface area contributed by atoms with Crippen LogP contribution in [0.15, 0.2) is 71.4 Å². The number of nitrogens with zero attached hydrogens (tertiary/aromatic N) is 2. The summed E-state index contributed by atoms with van der Waals surface area (Å²) in [6.07, 6.45) is 2.10. The Morgan fingerprint density at radius 3 is 2.23 bits per heavy atom. The van der Waals surface area contributed by atoms with Crippen LogP contribution in [0.25, 0.3) is 0 Å². The lowest BCUT2D eigenvalue weighted by molar-refractivity contribution is 0.177. The molecular weight excluding hydrogens is 328 g/mol. The molecule has 0 aliphatic carbocycles. The number of para-hydroxylation sites is 1. The number of benzene rings is 2. The van der Waals surface area contributed by atoms with E-state index in [9.17, 15) is 0 Å². The molecule has 0 amide bonds. The number of amidine groups is 1. The lowest BCUT2D eigenvalue weighted by Gasteiger charge is -2.28. The highest BCUT2D eigenvalue weighted by molar-refractivity contribution is 5.76. The molecule has 0 bridgehead atoms. The minimum Gasteiger partial charge on any atom is -0.490 e. The summed E-state index contributed by atoms with van der Waals surface area (Å²) in [6, 6.07) is 18.1. The number of rotatable bonds is 6. The van der Waals surface area contributed by atoms with Crippen molar-refractivity contribution in [2.45, 2.75) is 19.9 Å². The monoisotopic (exact) mass is 352 g/mol. The van der Waals surface area contributed by atoms with Crippen molar-refractivity contribution >= 4 is 6.02 Å². The summed E-state index contributed by atoms with van der Waals surface area (Å²) in [7, 11) is 1.97. The van der Waals surface area contributed by atoms with Crippen LogP contribution in [0.5, 0.6) is 17.2 Å². The third-order valence-corrected chi connectivity index (χ3v) is 4.05. The van der Waals surface area contributed by atoms with Crippen LogP contribution >= 0.6 is 0 Å². The topological polar surface area (TPSA) is 43.3 Å². The van der Waals surface area contributed by atoms with Crippen molar-refractivity contribution in [2.24, 2.45) is 4.99 Å². The third kappa shape index (κ3) is 4.79. The average Bonchev–Trinajstić information content (AvgIpc) is 2.64. The van der Waals surface area contributed by atoms with Crippen LogP contribution in [0.3, 0.4) is 0 Å². The molecule has 1 aliphatic rings. The van der Waals surface area contributed by atoms with Gasteiger partial charge in [-0.25, -0.2) is 4.99 Å². The van der Waals surface area contributed by atoms with Gasteiger partial charge in [-0.1, -0.05) is 18.2 Å². The van der Waals surface area contributed by atoms with Crippen molar-refractivity contribution in [3.05, 3.63) is 66.4 Å². The van der Waals surface area contributed by atoms with E-state index in [0.29, 0.717) is 19.2 Å². The second-order valence-electron chi connectivity index (χ2n) is 6.14. The predicted octanol–water partition coefficient (Wildman–Crippen LogP) is 4.47. The van der Waals surface area contributed by atoms with Crippen LogP contribution in [0.4, 0.5) is 0 Å². The van der Waals surface area contributed by atoms with Gasteiger partial charge in [0.15, 0.2) is 0 Å². The quantitative estimate of drug-likeness (QED) is 0.720. The first kappa shape index (κ1) is 17.9. The van der Waals surface area contributed by atoms with Crippen molar-refractivity contribution in [1.29, 1.82) is 0 Å². The molecule has 1 heterocycles. The molecule has 5 heteroatoms. The largest absolute Gasteiger partial charge is 0.490 e. The number of allylic oxidation sites excluding steroid dienone is 1. The Morgan fingerprint density at radius 2 is 1.50 bits per heavy atom. The van der Waals surface area contributed by atoms with Crippen molar-refractivity contribution < 1.29 is 14.2 Å². The van der Waals surface area contributed by atoms with E-state index < -0.39 is 0 Å². The van der Waals surface area contributed by atoms with Crippen LogP contribution in [0.2, 0.25) is 0 Å². The van der Waals surface area contributed by atoms with Gasteiger partial charge in [0.1, 0.15) is 30.5 Å². The van der Waals surface area contributed by atoms with E-state index in [-0.39, 0.29) is 6.04 Å². The highest BCUT2D eigenvalue weighted by atomic mass is 16.5. The number of hydrogen-bond acceptors (Lipinski definition) is 5. The molecule has 1 aliphatic heterocycles. The molecule has 2 aromatic rings. The molecule has 1 atom stereocenters. The molecule has 26 heavy (non-hydrogen) atoms. The van der Waals surface area contributed by atoms with Gasteiger partial charge in [0, 0.05) is 12.7 Å². The van der Waals surface area contributed by atoms with Crippen LogP contribution < -0.4 is 9.47 Å². The molecule has 0 radical (unpaired) electrons. The van der Waals surface area contributed by atoms with Gasteiger partial charge in [-0.2, -0.15) is 0 Å². The summed E-state index contributed by atoms with van der Waals surface area (Å²) >= 11 is 0. The van der Waals surface area contributed by atoms with Gasteiger partial charge in [-0.05, 0) is 56.3 Å². The standard InChI is InChI=1S/C21H24N2O3/c1-16-15-17(2)23(3)21(22-16)25-14-13-24-18-9-11-20(12-10-18)26-19-7-5-4-6-8-19/h4-12,15,17H,13-14H2,1-3H3. The zero-order valence-electron chi connectivity index (χ0n) is 15.4. The van der Waals surface area contributed by atoms with Crippen LogP contribution in [-0.2, 0) is 4.74 Å². The predicted molar refractivity (Wildman–Crippen MR) is 103 cm³/mol. The zero-order valence-corrected chi connectivity index (χ0v) is 15.4.